The molecule has 2 atom stereocenters. The van der Waals surface area contributed by atoms with Gasteiger partial charge in [0, 0.05) is 0 Å². The first kappa shape index (κ1) is 15.2. The van der Waals surface area contributed by atoms with Crippen LogP contribution in [0.2, 0.25) is 0 Å². The van der Waals surface area contributed by atoms with Gasteiger partial charge in [-0.15, -0.1) is 0 Å². The van der Waals surface area contributed by atoms with Gasteiger partial charge in [0.15, 0.2) is 5.71 Å². The van der Waals surface area contributed by atoms with Crippen molar-refractivity contribution < 1.29 is 19.1 Å². The average Bonchev–Trinajstić information content (AvgIpc) is 2.99. The topological polar surface area (TPSA) is 88.1 Å². The van der Waals surface area contributed by atoms with E-state index in [0.29, 0.717) is 5.69 Å². The van der Waals surface area contributed by atoms with Crippen molar-refractivity contribution in [2.45, 2.75) is 26.8 Å². The molecule has 1 N–H and O–H groups in total. The molecule has 0 radical (unpaired) electrons. The van der Waals surface area contributed by atoms with Gasteiger partial charge in [0.05, 0.1) is 12.3 Å². The van der Waals surface area contributed by atoms with Gasteiger partial charge in [-0.2, -0.15) is 5.10 Å². The Labute approximate surface area is 133 Å². The highest BCUT2D eigenvalue weighted by Gasteiger charge is 2.55. The quantitative estimate of drug-likeness (QED) is 0.655. The summed E-state index contributed by atoms with van der Waals surface area (Å²) in [4.78, 5) is 38.3. The fraction of sp³-hybridized carbons (Fsp3) is 0.375. The van der Waals surface area contributed by atoms with Crippen LogP contribution in [0, 0.1) is 19.8 Å². The fourth-order valence-corrected chi connectivity index (χ4v) is 3.00. The van der Waals surface area contributed by atoms with Crippen LogP contribution in [0.5, 0.6) is 0 Å². The molecule has 1 saturated heterocycles. The second kappa shape index (κ2) is 5.49. The number of aryl methyl sites for hydroxylation is 2. The molecule has 0 spiro atoms. The van der Waals surface area contributed by atoms with Crippen molar-refractivity contribution in [1.82, 2.24) is 5.43 Å². The molecular weight excluding hydrogens is 298 g/mol. The summed E-state index contributed by atoms with van der Waals surface area (Å²) in [6.45, 7) is 5.64. The second-order valence-electron chi connectivity index (χ2n) is 5.66. The van der Waals surface area contributed by atoms with Crippen LogP contribution in [0.15, 0.2) is 23.3 Å². The third-order valence-electron chi connectivity index (χ3n) is 3.87. The third-order valence-corrected chi connectivity index (χ3v) is 3.87. The molecule has 0 bridgehead atoms. The first-order chi connectivity index (χ1) is 10.9. The number of hydrogen-bond acceptors (Lipinski definition) is 6. The van der Waals surface area contributed by atoms with Gasteiger partial charge in [-0.25, -0.2) is 9.69 Å². The van der Waals surface area contributed by atoms with E-state index in [4.69, 9.17) is 4.74 Å². The first-order valence-corrected chi connectivity index (χ1v) is 7.40. The van der Waals surface area contributed by atoms with E-state index in [9.17, 15) is 14.4 Å². The van der Waals surface area contributed by atoms with Crippen molar-refractivity contribution >= 4 is 29.2 Å². The number of ether oxygens (including phenoxy) is 1. The van der Waals surface area contributed by atoms with E-state index in [2.05, 4.69) is 10.5 Å². The number of imide groups is 1. The van der Waals surface area contributed by atoms with Crippen LogP contribution >= 0.6 is 0 Å². The number of rotatable bonds is 3. The summed E-state index contributed by atoms with van der Waals surface area (Å²) in [6.07, 6.45) is 0. The monoisotopic (exact) mass is 315 g/mol. The summed E-state index contributed by atoms with van der Waals surface area (Å²) >= 11 is 0. The predicted molar refractivity (Wildman–Crippen MR) is 82.9 cm³/mol. The van der Waals surface area contributed by atoms with Gasteiger partial charge in [0.2, 0.25) is 5.91 Å². The van der Waals surface area contributed by atoms with Crippen LogP contribution in [-0.2, 0) is 19.1 Å². The number of carbonyl (C=O) groups is 3. The molecule has 7 heteroatoms. The van der Waals surface area contributed by atoms with Crippen molar-refractivity contribution in [3.63, 3.8) is 0 Å². The van der Waals surface area contributed by atoms with Crippen molar-refractivity contribution in [2.24, 2.45) is 11.0 Å². The number of carbonyl (C=O) groups excluding carboxylic acids is 3. The number of nitrogens with zero attached hydrogens (tertiary/aromatic N) is 2. The van der Waals surface area contributed by atoms with Crippen LogP contribution in [0.3, 0.4) is 0 Å². The summed E-state index contributed by atoms with van der Waals surface area (Å²) in [6, 6.07) is 4.65. The smallest absolute Gasteiger partial charge is 0.355 e. The molecule has 23 heavy (non-hydrogen) atoms. The Kier molecular flexibility index (Phi) is 3.63. The SMILES string of the molecule is CCOC(=O)C1=NN[C@H]2C(=O)N(c3cc(C)cc(C)c3)C(=O)[C@@H]12. The summed E-state index contributed by atoms with van der Waals surface area (Å²) in [5, 5.41) is 3.83. The molecule has 1 aromatic rings. The molecule has 2 amide bonds. The van der Waals surface area contributed by atoms with Gasteiger partial charge < -0.3 is 4.74 Å². The lowest BCUT2D eigenvalue weighted by Crippen LogP contribution is -2.36. The van der Waals surface area contributed by atoms with Gasteiger partial charge in [-0.1, -0.05) is 6.07 Å². The van der Waals surface area contributed by atoms with E-state index in [1.54, 1.807) is 19.1 Å². The van der Waals surface area contributed by atoms with Crippen LogP contribution in [0.4, 0.5) is 5.69 Å². The highest BCUT2D eigenvalue weighted by Crippen LogP contribution is 2.31. The zero-order valence-electron chi connectivity index (χ0n) is 13.1. The maximum atomic E-state index is 12.7. The van der Waals surface area contributed by atoms with Crippen molar-refractivity contribution in [3.05, 3.63) is 29.3 Å². The minimum absolute atomic E-state index is 0.0397. The number of esters is 1. The van der Waals surface area contributed by atoms with Gasteiger partial charge in [0.1, 0.15) is 12.0 Å². The third kappa shape index (κ3) is 2.38. The van der Waals surface area contributed by atoms with Gasteiger partial charge in [-0.3, -0.25) is 15.0 Å². The molecule has 120 valence electrons. The number of hydrogen-bond donors (Lipinski definition) is 1. The van der Waals surface area contributed by atoms with Gasteiger partial charge in [0.25, 0.3) is 5.91 Å². The number of benzene rings is 1. The van der Waals surface area contributed by atoms with E-state index in [-0.39, 0.29) is 12.3 Å². The number of hydrazone groups is 1. The maximum absolute atomic E-state index is 12.7. The number of nitrogens with one attached hydrogen (secondary N) is 1. The van der Waals surface area contributed by atoms with E-state index in [0.717, 1.165) is 16.0 Å². The first-order valence-electron chi connectivity index (χ1n) is 7.40. The summed E-state index contributed by atoms with van der Waals surface area (Å²) in [5.41, 5.74) is 4.96. The summed E-state index contributed by atoms with van der Waals surface area (Å²) < 4.78 is 4.90. The van der Waals surface area contributed by atoms with E-state index >= 15 is 0 Å². The largest absolute Gasteiger partial charge is 0.461 e. The zero-order valence-corrected chi connectivity index (χ0v) is 13.1. The van der Waals surface area contributed by atoms with E-state index in [1.807, 2.05) is 19.9 Å². The molecule has 1 fully saturated rings. The minimum atomic E-state index is -0.928. The Balaban J connectivity index is 1.95. The Hall–Kier alpha value is -2.70. The Morgan fingerprint density at radius 3 is 2.48 bits per heavy atom. The maximum Gasteiger partial charge on any atom is 0.355 e. The average molecular weight is 315 g/mol. The van der Waals surface area contributed by atoms with E-state index < -0.39 is 29.7 Å². The second-order valence-corrected chi connectivity index (χ2v) is 5.66. The molecule has 0 aromatic heterocycles. The Morgan fingerprint density at radius 1 is 1.22 bits per heavy atom. The zero-order chi connectivity index (χ0) is 16.7. The molecule has 3 rings (SSSR count). The summed E-state index contributed by atoms with van der Waals surface area (Å²) in [7, 11) is 0. The predicted octanol–water partition coefficient (Wildman–Crippen LogP) is 0.684. The molecule has 0 aliphatic carbocycles. The number of fused-ring (bicyclic) bond motifs is 1. The standard InChI is InChI=1S/C16H17N3O4/c1-4-23-16(22)13-11-12(17-18-13)15(21)19(14(11)20)10-6-8(2)5-9(3)7-10/h5-7,11-12,17H,4H2,1-3H3/t11-,12-/m1/s1. The highest BCUT2D eigenvalue weighted by atomic mass is 16.5. The van der Waals surface area contributed by atoms with Crippen LogP contribution < -0.4 is 10.3 Å². The van der Waals surface area contributed by atoms with Crippen molar-refractivity contribution in [3.8, 4) is 0 Å². The van der Waals surface area contributed by atoms with Crippen LogP contribution in [0.25, 0.3) is 0 Å². The molecule has 7 nitrogen and oxygen atoms in total. The van der Waals surface area contributed by atoms with Gasteiger partial charge >= 0.3 is 5.97 Å². The molecular formula is C16H17N3O4. The molecule has 0 saturated carbocycles. The lowest BCUT2D eigenvalue weighted by molar-refractivity contribution is -0.136. The molecule has 2 heterocycles. The number of amides is 2. The Morgan fingerprint density at radius 2 is 1.87 bits per heavy atom. The molecule has 0 unspecified atom stereocenters. The molecule has 1 aromatic carbocycles. The lowest BCUT2D eigenvalue weighted by Gasteiger charge is -2.17. The highest BCUT2D eigenvalue weighted by molar-refractivity contribution is 6.46. The molecule has 2 aliphatic heterocycles. The fourth-order valence-electron chi connectivity index (χ4n) is 3.00. The lowest BCUT2D eigenvalue weighted by atomic mass is 9.99. The normalized spacial score (nSPS) is 22.7. The van der Waals surface area contributed by atoms with E-state index in [1.165, 1.54) is 0 Å². The Bertz CT molecular complexity index is 721. The van der Waals surface area contributed by atoms with Gasteiger partial charge in [-0.05, 0) is 44.0 Å². The van der Waals surface area contributed by atoms with Crippen LogP contribution in [0.1, 0.15) is 18.1 Å². The minimum Gasteiger partial charge on any atom is -0.461 e. The summed E-state index contributed by atoms with van der Waals surface area (Å²) in [5.74, 6) is -2.46. The molecule has 2 aliphatic rings. The van der Waals surface area contributed by atoms with Crippen molar-refractivity contribution in [1.29, 1.82) is 0 Å². The van der Waals surface area contributed by atoms with Crippen LogP contribution in [-0.4, -0.2) is 36.1 Å². The van der Waals surface area contributed by atoms with Crippen molar-refractivity contribution in [2.75, 3.05) is 11.5 Å². The number of anilines is 1.